The van der Waals surface area contributed by atoms with Crippen LogP contribution in [0.25, 0.3) is 11.3 Å². The summed E-state index contributed by atoms with van der Waals surface area (Å²) in [6.07, 6.45) is 2.08. The molecule has 0 unspecified atom stereocenters. The van der Waals surface area contributed by atoms with Gasteiger partial charge in [0.05, 0.1) is 6.20 Å². The van der Waals surface area contributed by atoms with Gasteiger partial charge in [0.2, 0.25) is 5.91 Å². The minimum atomic E-state index is -1.06. The van der Waals surface area contributed by atoms with E-state index in [0.29, 0.717) is 18.1 Å². The Morgan fingerprint density at radius 3 is 2.64 bits per heavy atom. The van der Waals surface area contributed by atoms with E-state index in [2.05, 4.69) is 10.3 Å². The molecule has 0 aliphatic carbocycles. The third-order valence-electron chi connectivity index (χ3n) is 3.20. The minimum Gasteiger partial charge on any atom is -0.480 e. The van der Waals surface area contributed by atoms with E-state index in [1.807, 2.05) is 31.2 Å². The summed E-state index contributed by atoms with van der Waals surface area (Å²) in [6, 6.07) is 6.96. The van der Waals surface area contributed by atoms with Crippen LogP contribution in [-0.2, 0) is 16.0 Å². The predicted molar refractivity (Wildman–Crippen MR) is 80.2 cm³/mol. The first-order valence-corrected chi connectivity index (χ1v) is 6.99. The summed E-state index contributed by atoms with van der Waals surface area (Å²) in [5.74, 6) is -0.306. The molecule has 0 saturated carbocycles. The SMILES string of the molecule is Cc1ccc(-c2cnc(CCC(=O)N[C@H](C)C(=O)O)o2)cc1. The van der Waals surface area contributed by atoms with E-state index in [0.717, 1.165) is 11.1 Å². The van der Waals surface area contributed by atoms with Crippen molar-refractivity contribution >= 4 is 11.9 Å². The molecule has 0 spiro atoms. The number of carbonyl (C=O) groups is 2. The maximum absolute atomic E-state index is 11.6. The smallest absolute Gasteiger partial charge is 0.325 e. The van der Waals surface area contributed by atoms with E-state index in [9.17, 15) is 9.59 Å². The van der Waals surface area contributed by atoms with Gasteiger partial charge in [0, 0.05) is 18.4 Å². The monoisotopic (exact) mass is 302 g/mol. The van der Waals surface area contributed by atoms with Crippen LogP contribution in [0.2, 0.25) is 0 Å². The maximum Gasteiger partial charge on any atom is 0.325 e. The van der Waals surface area contributed by atoms with Crippen molar-refractivity contribution < 1.29 is 19.1 Å². The number of rotatable bonds is 6. The second-order valence-corrected chi connectivity index (χ2v) is 5.11. The standard InChI is InChI=1S/C16H18N2O4/c1-10-3-5-12(6-4-10)13-9-17-15(22-13)8-7-14(19)18-11(2)16(20)21/h3-6,9,11H,7-8H2,1-2H3,(H,18,19)(H,20,21)/t11-/m1/s1. The van der Waals surface area contributed by atoms with Crippen LogP contribution in [0.5, 0.6) is 0 Å². The summed E-state index contributed by atoms with van der Waals surface area (Å²) in [5, 5.41) is 11.1. The van der Waals surface area contributed by atoms with Crippen molar-refractivity contribution in [2.45, 2.75) is 32.7 Å². The minimum absolute atomic E-state index is 0.130. The second-order valence-electron chi connectivity index (χ2n) is 5.11. The summed E-state index contributed by atoms with van der Waals surface area (Å²) < 4.78 is 5.60. The Balaban J connectivity index is 1.91. The molecule has 6 heteroatoms. The van der Waals surface area contributed by atoms with Gasteiger partial charge >= 0.3 is 5.97 Å². The van der Waals surface area contributed by atoms with Crippen LogP contribution in [0.15, 0.2) is 34.9 Å². The summed E-state index contributed by atoms with van der Waals surface area (Å²) >= 11 is 0. The number of carboxylic acid groups (broad SMARTS) is 1. The normalized spacial score (nSPS) is 11.9. The summed E-state index contributed by atoms with van der Waals surface area (Å²) in [7, 11) is 0. The lowest BCUT2D eigenvalue weighted by Crippen LogP contribution is -2.38. The van der Waals surface area contributed by atoms with Crippen molar-refractivity contribution in [2.24, 2.45) is 0 Å². The Kier molecular flexibility index (Phi) is 4.93. The Hall–Kier alpha value is -2.63. The van der Waals surface area contributed by atoms with Gasteiger partial charge in [0.25, 0.3) is 0 Å². The highest BCUT2D eigenvalue weighted by Crippen LogP contribution is 2.21. The van der Waals surface area contributed by atoms with Crippen LogP contribution in [0.1, 0.15) is 24.8 Å². The number of nitrogens with one attached hydrogen (secondary N) is 1. The average molecular weight is 302 g/mol. The van der Waals surface area contributed by atoms with Gasteiger partial charge in [-0.3, -0.25) is 9.59 Å². The van der Waals surface area contributed by atoms with E-state index in [1.54, 1.807) is 6.20 Å². The number of hydrogen-bond donors (Lipinski definition) is 2. The van der Waals surface area contributed by atoms with Crippen molar-refractivity contribution in [3.63, 3.8) is 0 Å². The number of carbonyl (C=O) groups excluding carboxylic acids is 1. The highest BCUT2D eigenvalue weighted by molar-refractivity contribution is 5.83. The van der Waals surface area contributed by atoms with Crippen molar-refractivity contribution in [3.8, 4) is 11.3 Å². The van der Waals surface area contributed by atoms with E-state index >= 15 is 0 Å². The molecule has 2 rings (SSSR count). The third-order valence-corrected chi connectivity index (χ3v) is 3.20. The molecule has 1 aromatic carbocycles. The van der Waals surface area contributed by atoms with Gasteiger partial charge in [-0.25, -0.2) is 4.98 Å². The van der Waals surface area contributed by atoms with Gasteiger partial charge in [-0.2, -0.15) is 0 Å². The molecule has 0 bridgehead atoms. The van der Waals surface area contributed by atoms with Crippen LogP contribution in [-0.4, -0.2) is 28.0 Å². The topological polar surface area (TPSA) is 92.4 Å². The fraction of sp³-hybridized carbons (Fsp3) is 0.312. The highest BCUT2D eigenvalue weighted by Gasteiger charge is 2.14. The highest BCUT2D eigenvalue weighted by atomic mass is 16.4. The fourth-order valence-corrected chi connectivity index (χ4v) is 1.87. The number of aromatic nitrogens is 1. The first-order valence-electron chi connectivity index (χ1n) is 6.99. The number of benzene rings is 1. The van der Waals surface area contributed by atoms with Crippen LogP contribution in [0.4, 0.5) is 0 Å². The first kappa shape index (κ1) is 15.8. The van der Waals surface area contributed by atoms with E-state index < -0.39 is 12.0 Å². The number of carboxylic acids is 1. The zero-order valence-electron chi connectivity index (χ0n) is 12.5. The molecule has 22 heavy (non-hydrogen) atoms. The summed E-state index contributed by atoms with van der Waals surface area (Å²) in [5.41, 5.74) is 2.08. The summed E-state index contributed by atoms with van der Waals surface area (Å²) in [6.45, 7) is 3.42. The molecule has 6 nitrogen and oxygen atoms in total. The lowest BCUT2D eigenvalue weighted by atomic mass is 10.1. The largest absolute Gasteiger partial charge is 0.480 e. The molecule has 1 aromatic heterocycles. The molecule has 2 N–H and O–H groups in total. The van der Waals surface area contributed by atoms with Crippen LogP contribution in [0, 0.1) is 6.92 Å². The van der Waals surface area contributed by atoms with Gasteiger partial charge in [0.15, 0.2) is 11.7 Å². The number of aryl methyl sites for hydroxylation is 2. The third kappa shape index (κ3) is 4.18. The van der Waals surface area contributed by atoms with Gasteiger partial charge in [-0.15, -0.1) is 0 Å². The number of amides is 1. The lowest BCUT2D eigenvalue weighted by Gasteiger charge is -2.07. The molecule has 0 saturated heterocycles. The molecule has 0 radical (unpaired) electrons. The Morgan fingerprint density at radius 2 is 2.00 bits per heavy atom. The second kappa shape index (κ2) is 6.89. The molecule has 2 aromatic rings. The number of oxazole rings is 1. The van der Waals surface area contributed by atoms with Crippen LogP contribution in [0.3, 0.4) is 0 Å². The van der Waals surface area contributed by atoms with Gasteiger partial charge in [0.1, 0.15) is 6.04 Å². The molecule has 1 heterocycles. The van der Waals surface area contributed by atoms with Gasteiger partial charge < -0.3 is 14.8 Å². The van der Waals surface area contributed by atoms with Crippen molar-refractivity contribution in [1.29, 1.82) is 0 Å². The first-order chi connectivity index (χ1) is 10.5. The van der Waals surface area contributed by atoms with E-state index in [-0.39, 0.29) is 12.3 Å². The lowest BCUT2D eigenvalue weighted by molar-refractivity contribution is -0.141. The Bertz CT molecular complexity index is 661. The van der Waals surface area contributed by atoms with Crippen molar-refractivity contribution in [2.75, 3.05) is 0 Å². The number of nitrogens with zero attached hydrogens (tertiary/aromatic N) is 1. The molecule has 0 aliphatic rings. The molecular formula is C16H18N2O4. The van der Waals surface area contributed by atoms with Crippen molar-refractivity contribution in [3.05, 3.63) is 41.9 Å². The Labute approximate surface area is 128 Å². The van der Waals surface area contributed by atoms with Crippen LogP contribution >= 0.6 is 0 Å². The van der Waals surface area contributed by atoms with Crippen LogP contribution < -0.4 is 5.32 Å². The van der Waals surface area contributed by atoms with E-state index in [1.165, 1.54) is 6.92 Å². The molecule has 1 amide bonds. The fourth-order valence-electron chi connectivity index (χ4n) is 1.87. The maximum atomic E-state index is 11.6. The zero-order chi connectivity index (χ0) is 16.1. The van der Waals surface area contributed by atoms with Gasteiger partial charge in [-0.05, 0) is 13.8 Å². The summed E-state index contributed by atoms with van der Waals surface area (Å²) in [4.78, 5) is 26.4. The predicted octanol–water partition coefficient (Wildman–Crippen LogP) is 2.17. The molecule has 1 atom stereocenters. The Morgan fingerprint density at radius 1 is 1.32 bits per heavy atom. The molecule has 0 aliphatic heterocycles. The van der Waals surface area contributed by atoms with Crippen molar-refractivity contribution in [1.82, 2.24) is 10.3 Å². The molecule has 0 fully saturated rings. The number of aliphatic carboxylic acids is 1. The quantitative estimate of drug-likeness (QED) is 0.853. The average Bonchev–Trinajstić information content (AvgIpc) is 2.94. The molecular weight excluding hydrogens is 284 g/mol. The number of hydrogen-bond acceptors (Lipinski definition) is 4. The zero-order valence-corrected chi connectivity index (χ0v) is 12.5. The van der Waals surface area contributed by atoms with E-state index in [4.69, 9.17) is 9.52 Å². The molecule has 116 valence electrons. The van der Waals surface area contributed by atoms with Gasteiger partial charge in [-0.1, -0.05) is 29.8 Å².